The van der Waals surface area contributed by atoms with Gasteiger partial charge in [0, 0.05) is 18.1 Å². The highest BCUT2D eigenvalue weighted by Crippen LogP contribution is 2.32. The minimum Gasteiger partial charge on any atom is -0.381 e. The van der Waals surface area contributed by atoms with Gasteiger partial charge < -0.3 is 4.74 Å². The van der Waals surface area contributed by atoms with Crippen LogP contribution in [-0.4, -0.2) is 19.0 Å². The zero-order chi connectivity index (χ0) is 11.5. The molecule has 2 atom stereocenters. The molecule has 1 fully saturated rings. The van der Waals surface area contributed by atoms with Crippen LogP contribution in [0.3, 0.4) is 0 Å². The summed E-state index contributed by atoms with van der Waals surface area (Å²) in [5.41, 5.74) is 1.15. The number of ketones is 1. The number of halogens is 1. The van der Waals surface area contributed by atoms with Gasteiger partial charge in [-0.3, -0.25) is 4.79 Å². The summed E-state index contributed by atoms with van der Waals surface area (Å²) in [6, 6.07) is 6.82. The minimum atomic E-state index is -1.03. The summed E-state index contributed by atoms with van der Waals surface area (Å²) in [4.78, 5) is 11.2. The Labute approximate surface area is 94.4 Å². The topological polar surface area (TPSA) is 26.3 Å². The van der Waals surface area contributed by atoms with Gasteiger partial charge in [0.15, 0.2) is 5.78 Å². The molecule has 1 saturated heterocycles. The van der Waals surface area contributed by atoms with E-state index in [1.807, 2.05) is 0 Å². The number of carbonyl (C=O) groups is 1. The van der Waals surface area contributed by atoms with Crippen LogP contribution in [0.5, 0.6) is 0 Å². The van der Waals surface area contributed by atoms with Crippen LogP contribution in [0.2, 0.25) is 0 Å². The SMILES string of the molecule is CC(=O)c1cccc(C(F)C2CCOC2)c1. The zero-order valence-electron chi connectivity index (χ0n) is 9.28. The molecule has 2 rings (SSSR count). The van der Waals surface area contributed by atoms with E-state index >= 15 is 0 Å². The lowest BCUT2D eigenvalue weighted by molar-refractivity contribution is 0.101. The van der Waals surface area contributed by atoms with Gasteiger partial charge in [-0.1, -0.05) is 18.2 Å². The van der Waals surface area contributed by atoms with E-state index < -0.39 is 6.17 Å². The first-order valence-corrected chi connectivity index (χ1v) is 5.51. The maximum absolute atomic E-state index is 14.1. The molecule has 0 bridgehead atoms. The van der Waals surface area contributed by atoms with E-state index in [-0.39, 0.29) is 11.7 Å². The number of benzene rings is 1. The summed E-state index contributed by atoms with van der Waals surface area (Å²) < 4.78 is 19.3. The predicted molar refractivity (Wildman–Crippen MR) is 59.2 cm³/mol. The number of carbonyl (C=O) groups excluding carboxylic acids is 1. The molecule has 0 amide bonds. The molecule has 2 unspecified atom stereocenters. The second-order valence-electron chi connectivity index (χ2n) is 4.21. The highest BCUT2D eigenvalue weighted by Gasteiger charge is 2.27. The number of rotatable bonds is 3. The van der Waals surface area contributed by atoms with Crippen molar-refractivity contribution < 1.29 is 13.9 Å². The molecule has 0 aromatic heterocycles. The van der Waals surface area contributed by atoms with Gasteiger partial charge in [-0.2, -0.15) is 0 Å². The van der Waals surface area contributed by atoms with E-state index in [0.717, 1.165) is 6.42 Å². The van der Waals surface area contributed by atoms with Gasteiger partial charge in [0.05, 0.1) is 6.61 Å². The average Bonchev–Trinajstić information content (AvgIpc) is 2.81. The summed E-state index contributed by atoms with van der Waals surface area (Å²) in [6.07, 6.45) is -0.271. The highest BCUT2D eigenvalue weighted by atomic mass is 19.1. The number of hydrogen-bond donors (Lipinski definition) is 0. The fourth-order valence-corrected chi connectivity index (χ4v) is 1.98. The molecule has 0 aliphatic carbocycles. The largest absolute Gasteiger partial charge is 0.381 e. The Morgan fingerprint density at radius 2 is 2.38 bits per heavy atom. The molecule has 16 heavy (non-hydrogen) atoms. The minimum absolute atomic E-state index is 0.0308. The standard InChI is InChI=1S/C13H15FO2/c1-9(15)10-3-2-4-11(7-10)13(14)12-5-6-16-8-12/h2-4,7,12-13H,5-6,8H2,1H3. The lowest BCUT2D eigenvalue weighted by Gasteiger charge is -2.14. The van der Waals surface area contributed by atoms with Crippen molar-refractivity contribution in [3.8, 4) is 0 Å². The van der Waals surface area contributed by atoms with E-state index in [2.05, 4.69) is 0 Å². The average molecular weight is 222 g/mol. The third-order valence-electron chi connectivity index (χ3n) is 2.99. The Morgan fingerprint density at radius 3 is 3.00 bits per heavy atom. The fraction of sp³-hybridized carbons (Fsp3) is 0.462. The van der Waals surface area contributed by atoms with E-state index in [1.54, 1.807) is 24.3 Å². The number of hydrogen-bond acceptors (Lipinski definition) is 2. The predicted octanol–water partition coefficient (Wildman–Crippen LogP) is 2.94. The van der Waals surface area contributed by atoms with Crippen LogP contribution in [-0.2, 0) is 4.74 Å². The fourth-order valence-electron chi connectivity index (χ4n) is 1.98. The number of alkyl halides is 1. The molecule has 1 aliphatic rings. The highest BCUT2D eigenvalue weighted by molar-refractivity contribution is 5.94. The van der Waals surface area contributed by atoms with Gasteiger partial charge >= 0.3 is 0 Å². The molecule has 1 aliphatic heterocycles. The van der Waals surface area contributed by atoms with Gasteiger partial charge in [-0.25, -0.2) is 4.39 Å². The van der Waals surface area contributed by atoms with Gasteiger partial charge in [0.1, 0.15) is 6.17 Å². The van der Waals surface area contributed by atoms with Crippen molar-refractivity contribution in [2.75, 3.05) is 13.2 Å². The normalized spacial score (nSPS) is 22.0. The monoisotopic (exact) mass is 222 g/mol. The molecular weight excluding hydrogens is 207 g/mol. The molecule has 2 nitrogen and oxygen atoms in total. The first-order valence-electron chi connectivity index (χ1n) is 5.51. The lowest BCUT2D eigenvalue weighted by atomic mass is 9.95. The first kappa shape index (κ1) is 11.3. The molecule has 3 heteroatoms. The van der Waals surface area contributed by atoms with Crippen molar-refractivity contribution in [3.63, 3.8) is 0 Å². The molecule has 0 saturated carbocycles. The number of ether oxygens (including phenoxy) is 1. The Balaban J connectivity index is 2.18. The summed E-state index contributed by atoms with van der Waals surface area (Å²) in [7, 11) is 0. The second kappa shape index (κ2) is 4.74. The molecule has 0 spiro atoms. The molecule has 0 radical (unpaired) electrons. The molecule has 1 aromatic carbocycles. The van der Waals surface area contributed by atoms with Crippen LogP contribution in [0.4, 0.5) is 4.39 Å². The van der Waals surface area contributed by atoms with Crippen molar-refractivity contribution in [2.45, 2.75) is 19.5 Å². The third-order valence-corrected chi connectivity index (χ3v) is 2.99. The van der Waals surface area contributed by atoms with Crippen LogP contribution in [0.25, 0.3) is 0 Å². The Bertz CT molecular complexity index is 383. The molecule has 1 aromatic rings. The maximum Gasteiger partial charge on any atom is 0.159 e. The quantitative estimate of drug-likeness (QED) is 0.735. The van der Waals surface area contributed by atoms with Gasteiger partial charge in [-0.15, -0.1) is 0 Å². The lowest BCUT2D eigenvalue weighted by Crippen LogP contribution is -2.09. The molecule has 1 heterocycles. The zero-order valence-corrected chi connectivity index (χ0v) is 9.28. The van der Waals surface area contributed by atoms with Gasteiger partial charge in [0.25, 0.3) is 0 Å². The van der Waals surface area contributed by atoms with Crippen LogP contribution < -0.4 is 0 Å². The summed E-state index contributed by atoms with van der Waals surface area (Å²) >= 11 is 0. The van der Waals surface area contributed by atoms with E-state index in [9.17, 15) is 9.18 Å². The van der Waals surface area contributed by atoms with E-state index in [1.165, 1.54) is 6.92 Å². The maximum atomic E-state index is 14.1. The summed E-state index contributed by atoms with van der Waals surface area (Å²) in [5, 5.41) is 0. The van der Waals surface area contributed by atoms with Gasteiger partial charge in [0.2, 0.25) is 0 Å². The van der Waals surface area contributed by atoms with Crippen molar-refractivity contribution in [2.24, 2.45) is 5.92 Å². The van der Waals surface area contributed by atoms with Crippen LogP contribution >= 0.6 is 0 Å². The van der Waals surface area contributed by atoms with Crippen LogP contribution in [0.15, 0.2) is 24.3 Å². The van der Waals surface area contributed by atoms with Crippen LogP contribution in [0, 0.1) is 5.92 Å². The van der Waals surface area contributed by atoms with Crippen molar-refractivity contribution in [1.29, 1.82) is 0 Å². The first-order chi connectivity index (χ1) is 7.68. The smallest absolute Gasteiger partial charge is 0.159 e. The van der Waals surface area contributed by atoms with Crippen LogP contribution in [0.1, 0.15) is 35.4 Å². The summed E-state index contributed by atoms with van der Waals surface area (Å²) in [5.74, 6) is -0.0982. The van der Waals surface area contributed by atoms with Crippen molar-refractivity contribution in [3.05, 3.63) is 35.4 Å². The van der Waals surface area contributed by atoms with Crippen molar-refractivity contribution >= 4 is 5.78 Å². The Kier molecular flexibility index (Phi) is 3.34. The molecule has 86 valence electrons. The second-order valence-corrected chi connectivity index (χ2v) is 4.21. The third kappa shape index (κ3) is 2.30. The number of Topliss-reactive ketones (excluding diaryl/α,β-unsaturated/α-hetero) is 1. The molecule has 0 N–H and O–H groups in total. The Morgan fingerprint density at radius 1 is 1.56 bits per heavy atom. The summed E-state index contributed by atoms with van der Waals surface area (Å²) in [6.45, 7) is 2.61. The Hall–Kier alpha value is -1.22. The van der Waals surface area contributed by atoms with E-state index in [4.69, 9.17) is 4.74 Å². The molecular formula is C13H15FO2. The van der Waals surface area contributed by atoms with E-state index in [0.29, 0.717) is 24.3 Å². The van der Waals surface area contributed by atoms with Gasteiger partial charge in [-0.05, 0) is 25.0 Å². The van der Waals surface area contributed by atoms with Crippen molar-refractivity contribution in [1.82, 2.24) is 0 Å².